The first-order chi connectivity index (χ1) is 10.8. The first-order valence-electron chi connectivity index (χ1n) is 6.92. The maximum Gasteiger partial charge on any atom is 0.196 e. The largest absolute Gasteiger partial charge is 0.450 e. The van der Waals surface area contributed by atoms with Crippen LogP contribution >= 0.6 is 15.9 Å². The minimum absolute atomic E-state index is 0.687. The summed E-state index contributed by atoms with van der Waals surface area (Å²) in [6, 6.07) is 16.1. The molecule has 0 atom stereocenters. The van der Waals surface area contributed by atoms with E-state index in [0.29, 0.717) is 17.9 Å². The second-order valence-electron chi connectivity index (χ2n) is 4.98. The molecule has 4 nitrogen and oxygen atoms in total. The van der Waals surface area contributed by atoms with Gasteiger partial charge < -0.3 is 9.73 Å². The van der Waals surface area contributed by atoms with Crippen molar-refractivity contribution in [3.8, 4) is 0 Å². The van der Waals surface area contributed by atoms with E-state index in [2.05, 4.69) is 43.3 Å². The standard InChI is InChI=1S/C17H12BrN3O/c18-12-6-7-14-13(8-12)15-16(22-14)17(21-10-20-15)19-9-11-4-2-1-3-5-11/h1-8,10H,9H2,(H,19,20,21). The molecule has 4 aromatic rings. The highest BCUT2D eigenvalue weighted by Gasteiger charge is 2.13. The van der Waals surface area contributed by atoms with Crippen LogP contribution in [0.15, 0.2) is 63.7 Å². The number of nitrogens with zero attached hydrogens (tertiary/aromatic N) is 2. The second-order valence-corrected chi connectivity index (χ2v) is 5.90. The Morgan fingerprint density at radius 3 is 2.77 bits per heavy atom. The van der Waals surface area contributed by atoms with Crippen molar-refractivity contribution < 1.29 is 4.42 Å². The monoisotopic (exact) mass is 353 g/mol. The number of nitrogens with one attached hydrogen (secondary N) is 1. The van der Waals surface area contributed by atoms with E-state index in [-0.39, 0.29) is 0 Å². The van der Waals surface area contributed by atoms with Crippen LogP contribution in [0.25, 0.3) is 22.1 Å². The molecule has 0 fully saturated rings. The minimum atomic E-state index is 0.687. The fourth-order valence-electron chi connectivity index (χ4n) is 2.46. The summed E-state index contributed by atoms with van der Waals surface area (Å²) in [5, 5.41) is 4.30. The van der Waals surface area contributed by atoms with E-state index >= 15 is 0 Å². The highest BCUT2D eigenvalue weighted by Crippen LogP contribution is 2.32. The van der Waals surface area contributed by atoms with Gasteiger partial charge in [0.25, 0.3) is 0 Å². The van der Waals surface area contributed by atoms with Crippen molar-refractivity contribution in [2.24, 2.45) is 0 Å². The van der Waals surface area contributed by atoms with E-state index in [1.165, 1.54) is 5.56 Å². The lowest BCUT2D eigenvalue weighted by Gasteiger charge is -2.05. The summed E-state index contributed by atoms with van der Waals surface area (Å²) in [6.45, 7) is 0.688. The topological polar surface area (TPSA) is 51.0 Å². The molecule has 4 rings (SSSR count). The lowest BCUT2D eigenvalue weighted by molar-refractivity contribution is 0.666. The van der Waals surface area contributed by atoms with Gasteiger partial charge in [-0.25, -0.2) is 9.97 Å². The van der Waals surface area contributed by atoms with Crippen LogP contribution < -0.4 is 5.32 Å². The summed E-state index contributed by atoms with van der Waals surface area (Å²) in [5.74, 6) is 0.709. The third kappa shape index (κ3) is 2.33. The molecule has 2 heterocycles. The molecule has 0 aliphatic heterocycles. The first kappa shape index (κ1) is 13.3. The maximum absolute atomic E-state index is 5.92. The highest BCUT2D eigenvalue weighted by molar-refractivity contribution is 9.10. The number of fused-ring (bicyclic) bond motifs is 3. The number of furan rings is 1. The van der Waals surface area contributed by atoms with E-state index in [9.17, 15) is 0 Å². The van der Waals surface area contributed by atoms with Crippen molar-refractivity contribution >= 4 is 43.8 Å². The van der Waals surface area contributed by atoms with Crippen molar-refractivity contribution in [2.75, 3.05) is 5.32 Å². The van der Waals surface area contributed by atoms with Crippen LogP contribution in [0.5, 0.6) is 0 Å². The lowest BCUT2D eigenvalue weighted by Crippen LogP contribution is -2.01. The molecule has 0 aliphatic rings. The van der Waals surface area contributed by atoms with Gasteiger partial charge in [-0.1, -0.05) is 46.3 Å². The molecule has 1 N–H and O–H groups in total. The summed E-state index contributed by atoms with van der Waals surface area (Å²) in [6.07, 6.45) is 1.56. The third-order valence-electron chi connectivity index (χ3n) is 3.52. The average Bonchev–Trinajstić information content (AvgIpc) is 2.92. The van der Waals surface area contributed by atoms with E-state index in [0.717, 1.165) is 21.0 Å². The van der Waals surface area contributed by atoms with E-state index in [4.69, 9.17) is 4.42 Å². The fourth-order valence-corrected chi connectivity index (χ4v) is 2.82. The molecule has 0 spiro atoms. The van der Waals surface area contributed by atoms with Crippen molar-refractivity contribution in [1.29, 1.82) is 0 Å². The van der Waals surface area contributed by atoms with Crippen LogP contribution in [0.4, 0.5) is 5.82 Å². The van der Waals surface area contributed by atoms with E-state index < -0.39 is 0 Å². The Morgan fingerprint density at radius 1 is 1.05 bits per heavy atom. The molecular weight excluding hydrogens is 342 g/mol. The molecule has 2 aromatic heterocycles. The van der Waals surface area contributed by atoms with Crippen molar-refractivity contribution in [3.63, 3.8) is 0 Å². The van der Waals surface area contributed by atoms with Gasteiger partial charge in [0.1, 0.15) is 17.4 Å². The molecule has 2 aromatic carbocycles. The van der Waals surface area contributed by atoms with Crippen LogP contribution in [0.1, 0.15) is 5.56 Å². The molecular formula is C17H12BrN3O. The van der Waals surface area contributed by atoms with Gasteiger partial charge in [0.05, 0.1) is 0 Å². The Balaban J connectivity index is 1.76. The summed E-state index contributed by atoms with van der Waals surface area (Å²) in [4.78, 5) is 8.67. The van der Waals surface area contributed by atoms with Crippen molar-refractivity contribution in [1.82, 2.24) is 9.97 Å². The molecule has 0 amide bonds. The highest BCUT2D eigenvalue weighted by atomic mass is 79.9. The Hall–Kier alpha value is -2.40. The molecule has 0 bridgehead atoms. The molecule has 0 saturated heterocycles. The minimum Gasteiger partial charge on any atom is -0.450 e. The van der Waals surface area contributed by atoms with Gasteiger partial charge in [0.2, 0.25) is 0 Å². The molecule has 5 heteroatoms. The summed E-state index contributed by atoms with van der Waals surface area (Å²) in [5.41, 5.74) is 3.50. The van der Waals surface area contributed by atoms with Crippen LogP contribution in [-0.4, -0.2) is 9.97 Å². The average molecular weight is 354 g/mol. The van der Waals surface area contributed by atoms with Gasteiger partial charge in [-0.3, -0.25) is 0 Å². The molecule has 22 heavy (non-hydrogen) atoms. The number of rotatable bonds is 3. The van der Waals surface area contributed by atoms with Crippen molar-refractivity contribution in [3.05, 3.63) is 64.9 Å². The van der Waals surface area contributed by atoms with Crippen LogP contribution in [0.2, 0.25) is 0 Å². The van der Waals surface area contributed by atoms with Gasteiger partial charge in [-0.15, -0.1) is 0 Å². The fraction of sp³-hybridized carbons (Fsp3) is 0.0588. The Kier molecular flexibility index (Phi) is 3.27. The lowest BCUT2D eigenvalue weighted by atomic mass is 10.2. The smallest absolute Gasteiger partial charge is 0.196 e. The van der Waals surface area contributed by atoms with Gasteiger partial charge in [0.15, 0.2) is 11.4 Å². The molecule has 0 saturated carbocycles. The van der Waals surface area contributed by atoms with Crippen LogP contribution in [0.3, 0.4) is 0 Å². The Labute approximate surface area is 135 Å². The van der Waals surface area contributed by atoms with Crippen LogP contribution in [-0.2, 0) is 6.54 Å². The van der Waals surface area contributed by atoms with Crippen molar-refractivity contribution in [2.45, 2.75) is 6.54 Å². The zero-order valence-corrected chi connectivity index (χ0v) is 13.2. The second kappa shape index (κ2) is 5.42. The predicted molar refractivity (Wildman–Crippen MR) is 90.8 cm³/mol. The normalized spacial score (nSPS) is 11.1. The Bertz CT molecular complexity index is 950. The molecule has 0 radical (unpaired) electrons. The predicted octanol–water partition coefficient (Wildman–Crippen LogP) is 4.75. The number of hydrogen-bond donors (Lipinski definition) is 1. The Morgan fingerprint density at radius 2 is 1.91 bits per heavy atom. The van der Waals surface area contributed by atoms with Gasteiger partial charge in [0, 0.05) is 16.4 Å². The summed E-state index contributed by atoms with van der Waals surface area (Å²) in [7, 11) is 0. The number of benzene rings is 2. The van der Waals surface area contributed by atoms with E-state index in [1.54, 1.807) is 6.33 Å². The number of anilines is 1. The number of hydrogen-bond acceptors (Lipinski definition) is 4. The van der Waals surface area contributed by atoms with Gasteiger partial charge in [-0.2, -0.15) is 0 Å². The van der Waals surface area contributed by atoms with Crippen LogP contribution in [0, 0.1) is 0 Å². The third-order valence-corrected chi connectivity index (χ3v) is 4.01. The first-order valence-corrected chi connectivity index (χ1v) is 7.71. The number of halogens is 1. The summed E-state index contributed by atoms with van der Waals surface area (Å²) < 4.78 is 6.92. The SMILES string of the molecule is Brc1ccc2oc3c(NCc4ccccc4)ncnc3c2c1. The van der Waals surface area contributed by atoms with E-state index in [1.807, 2.05) is 36.4 Å². The molecule has 0 unspecified atom stereocenters. The zero-order chi connectivity index (χ0) is 14.9. The zero-order valence-electron chi connectivity index (χ0n) is 11.6. The maximum atomic E-state index is 5.92. The molecule has 0 aliphatic carbocycles. The summed E-state index contributed by atoms with van der Waals surface area (Å²) >= 11 is 3.48. The quantitative estimate of drug-likeness (QED) is 0.577. The molecule has 108 valence electrons. The van der Waals surface area contributed by atoms with Gasteiger partial charge >= 0.3 is 0 Å². The van der Waals surface area contributed by atoms with Gasteiger partial charge in [-0.05, 0) is 23.8 Å². The number of aromatic nitrogens is 2.